The second-order valence-corrected chi connectivity index (χ2v) is 9.31. The molecule has 4 nitrogen and oxygen atoms in total. The molecule has 2 saturated carbocycles. The molecule has 0 aromatic heterocycles. The molecule has 1 spiro atoms. The topological polar surface area (TPSA) is 52.9 Å². The highest BCUT2D eigenvalue weighted by atomic mass is 16.5. The number of hydrogen-bond donors (Lipinski definition) is 2. The fourth-order valence-corrected chi connectivity index (χ4v) is 6.73. The van der Waals surface area contributed by atoms with E-state index >= 15 is 0 Å². The van der Waals surface area contributed by atoms with Gasteiger partial charge in [-0.3, -0.25) is 4.90 Å². The number of piperidine rings is 1. The van der Waals surface area contributed by atoms with Crippen molar-refractivity contribution in [3.05, 3.63) is 23.3 Å². The van der Waals surface area contributed by atoms with Crippen LogP contribution >= 0.6 is 0 Å². The van der Waals surface area contributed by atoms with Crippen molar-refractivity contribution in [3.63, 3.8) is 0 Å². The summed E-state index contributed by atoms with van der Waals surface area (Å²) in [6.45, 7) is 4.44. The van der Waals surface area contributed by atoms with Crippen molar-refractivity contribution in [2.45, 2.75) is 68.6 Å². The van der Waals surface area contributed by atoms with Crippen molar-refractivity contribution in [2.75, 3.05) is 13.1 Å². The average Bonchev–Trinajstić information content (AvgIpc) is 3.32. The lowest BCUT2D eigenvalue weighted by Crippen LogP contribution is -2.76. The molecule has 3 aliphatic carbocycles. The standard InChI is InChI=1S/C21H27NO3/c1-12-6-7-21(24)16-10-14-4-5-15(23)18-17(14)20(21,19(12)25-18)8-9-22(16)11-13-2-3-13/h4-5,12-13,16,19,23-24H,2-3,6-11H2,1H3/t12?,16-,19?,20+,21?/m1/s1. The summed E-state index contributed by atoms with van der Waals surface area (Å²) in [5.74, 6) is 2.17. The first kappa shape index (κ1) is 14.9. The maximum atomic E-state index is 12.1. The van der Waals surface area contributed by atoms with E-state index in [0.29, 0.717) is 11.7 Å². The number of phenolic OH excluding ortho intramolecular Hbond substituents is 1. The number of likely N-dealkylation sites (tertiary alicyclic amines) is 1. The van der Waals surface area contributed by atoms with Gasteiger partial charge in [-0.1, -0.05) is 13.0 Å². The molecule has 0 radical (unpaired) electrons. The third-order valence-electron chi connectivity index (χ3n) is 8.06. The quantitative estimate of drug-likeness (QED) is 0.868. The molecule has 5 aliphatic rings. The zero-order valence-electron chi connectivity index (χ0n) is 14.9. The number of phenols is 1. The van der Waals surface area contributed by atoms with Crippen LogP contribution in [0.3, 0.4) is 0 Å². The Morgan fingerprint density at radius 1 is 1.24 bits per heavy atom. The molecule has 0 amide bonds. The summed E-state index contributed by atoms with van der Waals surface area (Å²) >= 11 is 0. The fraction of sp³-hybridized carbons (Fsp3) is 0.714. The van der Waals surface area contributed by atoms with Gasteiger partial charge in [-0.2, -0.15) is 0 Å². The van der Waals surface area contributed by atoms with Crippen molar-refractivity contribution >= 4 is 0 Å². The van der Waals surface area contributed by atoms with Crippen LogP contribution in [0.1, 0.15) is 50.2 Å². The molecule has 1 saturated heterocycles. The second kappa shape index (κ2) is 4.52. The largest absolute Gasteiger partial charge is 0.504 e. The van der Waals surface area contributed by atoms with Gasteiger partial charge in [0.05, 0.1) is 11.0 Å². The molecule has 2 N–H and O–H groups in total. The number of ether oxygens (including phenoxy) is 1. The van der Waals surface area contributed by atoms with Crippen molar-refractivity contribution in [2.24, 2.45) is 11.8 Å². The third kappa shape index (κ3) is 1.62. The molecular weight excluding hydrogens is 314 g/mol. The summed E-state index contributed by atoms with van der Waals surface area (Å²) in [5.41, 5.74) is 1.40. The molecule has 2 bridgehead atoms. The van der Waals surface area contributed by atoms with Crippen LogP contribution < -0.4 is 4.74 Å². The zero-order chi connectivity index (χ0) is 17.0. The van der Waals surface area contributed by atoms with Gasteiger partial charge in [0.1, 0.15) is 6.10 Å². The van der Waals surface area contributed by atoms with Crippen LogP contribution in [0.5, 0.6) is 11.5 Å². The van der Waals surface area contributed by atoms with Crippen LogP contribution in [0, 0.1) is 11.8 Å². The van der Waals surface area contributed by atoms with E-state index in [-0.39, 0.29) is 23.3 Å². The Balaban J connectivity index is 1.57. The Hall–Kier alpha value is -1.26. The molecule has 134 valence electrons. The minimum atomic E-state index is -0.719. The SMILES string of the molecule is CC1CCC2(O)[C@H]3Cc4ccc(O)c5c4[C@@]2(CCN3CC2CC2)C1O5. The van der Waals surface area contributed by atoms with Gasteiger partial charge in [-0.15, -0.1) is 0 Å². The second-order valence-electron chi connectivity index (χ2n) is 9.31. The van der Waals surface area contributed by atoms with Gasteiger partial charge in [0.2, 0.25) is 0 Å². The van der Waals surface area contributed by atoms with Crippen molar-refractivity contribution in [1.29, 1.82) is 0 Å². The van der Waals surface area contributed by atoms with E-state index in [2.05, 4.69) is 17.9 Å². The Morgan fingerprint density at radius 3 is 2.88 bits per heavy atom. The minimum absolute atomic E-state index is 0.000764. The van der Waals surface area contributed by atoms with Gasteiger partial charge < -0.3 is 14.9 Å². The monoisotopic (exact) mass is 341 g/mol. The highest BCUT2D eigenvalue weighted by Gasteiger charge is 2.72. The molecule has 1 aromatic carbocycles. The number of hydrogen-bond acceptors (Lipinski definition) is 4. The first-order valence-corrected chi connectivity index (χ1v) is 10.0. The van der Waals surface area contributed by atoms with Crippen LogP contribution in [0.25, 0.3) is 0 Å². The van der Waals surface area contributed by atoms with E-state index in [1.54, 1.807) is 6.07 Å². The average molecular weight is 341 g/mol. The number of benzene rings is 1. The summed E-state index contributed by atoms with van der Waals surface area (Å²) in [7, 11) is 0. The lowest BCUT2D eigenvalue weighted by Gasteiger charge is -2.64. The summed E-state index contributed by atoms with van der Waals surface area (Å²) < 4.78 is 6.39. The van der Waals surface area contributed by atoms with E-state index in [4.69, 9.17) is 4.74 Å². The maximum Gasteiger partial charge on any atom is 0.165 e. The van der Waals surface area contributed by atoms with Crippen LogP contribution in [0.15, 0.2) is 12.1 Å². The Labute approximate surface area is 148 Å². The summed E-state index contributed by atoms with van der Waals surface area (Å²) in [6, 6.07) is 4.06. The van der Waals surface area contributed by atoms with E-state index < -0.39 is 5.60 Å². The lowest BCUT2D eigenvalue weighted by molar-refractivity contribution is -0.196. The van der Waals surface area contributed by atoms with Gasteiger partial charge in [-0.05, 0) is 68.5 Å². The van der Waals surface area contributed by atoms with E-state index in [9.17, 15) is 10.2 Å². The fourth-order valence-electron chi connectivity index (χ4n) is 6.73. The predicted molar refractivity (Wildman–Crippen MR) is 94.0 cm³/mol. The molecule has 3 fully saturated rings. The number of rotatable bonds is 2. The molecule has 5 atom stereocenters. The maximum absolute atomic E-state index is 12.1. The Kier molecular flexibility index (Phi) is 2.69. The van der Waals surface area contributed by atoms with E-state index in [1.807, 2.05) is 0 Å². The van der Waals surface area contributed by atoms with Gasteiger partial charge in [0.15, 0.2) is 11.5 Å². The van der Waals surface area contributed by atoms with Gasteiger partial charge in [-0.25, -0.2) is 0 Å². The van der Waals surface area contributed by atoms with E-state index in [0.717, 1.165) is 50.3 Å². The molecule has 6 rings (SSSR count). The lowest BCUT2D eigenvalue weighted by atomic mass is 9.47. The van der Waals surface area contributed by atoms with Gasteiger partial charge in [0, 0.05) is 18.2 Å². The number of nitrogens with zero attached hydrogens (tertiary/aromatic N) is 1. The summed E-state index contributed by atoms with van der Waals surface area (Å²) in [5, 5.41) is 22.6. The third-order valence-corrected chi connectivity index (χ3v) is 8.06. The van der Waals surface area contributed by atoms with Crippen LogP contribution in [0.4, 0.5) is 0 Å². The molecular formula is C21H27NO3. The molecule has 25 heavy (non-hydrogen) atoms. The minimum Gasteiger partial charge on any atom is -0.504 e. The molecule has 2 aliphatic heterocycles. The van der Waals surface area contributed by atoms with Gasteiger partial charge in [0.25, 0.3) is 0 Å². The van der Waals surface area contributed by atoms with E-state index in [1.165, 1.54) is 18.4 Å². The Morgan fingerprint density at radius 2 is 2.08 bits per heavy atom. The summed E-state index contributed by atoms with van der Waals surface area (Å²) in [6.07, 6.45) is 6.39. The zero-order valence-corrected chi connectivity index (χ0v) is 14.9. The van der Waals surface area contributed by atoms with Crippen molar-refractivity contribution < 1.29 is 14.9 Å². The molecule has 1 aromatic rings. The highest BCUT2D eigenvalue weighted by Crippen LogP contribution is 2.66. The smallest absolute Gasteiger partial charge is 0.165 e. The van der Waals surface area contributed by atoms with Crippen LogP contribution in [-0.2, 0) is 11.8 Å². The normalized spacial score (nSPS) is 44.3. The van der Waals surface area contributed by atoms with Crippen LogP contribution in [0.2, 0.25) is 0 Å². The molecule has 3 unspecified atom stereocenters. The van der Waals surface area contributed by atoms with Crippen molar-refractivity contribution in [1.82, 2.24) is 4.90 Å². The number of aliphatic hydroxyl groups is 1. The molecule has 2 heterocycles. The van der Waals surface area contributed by atoms with Crippen molar-refractivity contribution in [3.8, 4) is 11.5 Å². The van der Waals surface area contributed by atoms with Gasteiger partial charge >= 0.3 is 0 Å². The number of aromatic hydroxyl groups is 1. The highest BCUT2D eigenvalue weighted by molar-refractivity contribution is 5.62. The summed E-state index contributed by atoms with van der Waals surface area (Å²) in [4.78, 5) is 2.59. The Bertz CT molecular complexity index is 760. The first-order valence-electron chi connectivity index (χ1n) is 10.0. The first-order chi connectivity index (χ1) is 12.0. The predicted octanol–water partition coefficient (Wildman–Crippen LogP) is 2.59. The molecule has 4 heteroatoms. The van der Waals surface area contributed by atoms with Crippen LogP contribution in [-0.4, -0.2) is 45.9 Å².